The van der Waals surface area contributed by atoms with Gasteiger partial charge in [0.1, 0.15) is 11.7 Å². The Bertz CT molecular complexity index is 998. The number of carbonyl (C=O) groups is 2. The molecule has 0 bridgehead atoms. The van der Waals surface area contributed by atoms with Crippen molar-refractivity contribution in [1.29, 1.82) is 0 Å². The summed E-state index contributed by atoms with van der Waals surface area (Å²) in [5.74, 6) is -1.16. The minimum atomic E-state index is -1.23. The van der Waals surface area contributed by atoms with Crippen LogP contribution in [0.15, 0.2) is 36.4 Å². The van der Waals surface area contributed by atoms with Crippen molar-refractivity contribution in [2.45, 2.75) is 58.7 Å². The van der Waals surface area contributed by atoms with Crippen molar-refractivity contribution in [3.8, 4) is 0 Å². The summed E-state index contributed by atoms with van der Waals surface area (Å²) in [6.07, 6.45) is 0.812. The van der Waals surface area contributed by atoms with Crippen LogP contribution in [0.1, 0.15) is 62.2 Å². The van der Waals surface area contributed by atoms with Gasteiger partial charge < -0.3 is 0 Å². The fraction of sp³-hybridized carbons (Fsp3) is 0.385. The third-order valence-corrected chi connectivity index (χ3v) is 5.86. The molecule has 2 aromatic rings. The summed E-state index contributed by atoms with van der Waals surface area (Å²) in [5, 5.41) is 0. The monoisotopic (exact) mass is 438 g/mol. The van der Waals surface area contributed by atoms with E-state index in [9.17, 15) is 9.59 Å². The molecule has 0 heterocycles. The van der Waals surface area contributed by atoms with Crippen LogP contribution in [0.3, 0.4) is 0 Å². The largest absolute Gasteiger partial charge is 0.373 e. The topological polar surface area (TPSA) is 71.1 Å². The smallest absolute Gasteiger partial charge is 0.292 e. The van der Waals surface area contributed by atoms with Crippen LogP contribution in [0.5, 0.6) is 0 Å². The maximum atomic E-state index is 12.6. The molecular formula is C26H30O6. The summed E-state index contributed by atoms with van der Waals surface area (Å²) in [5.41, 5.74) is 3.03. The molecule has 0 amide bonds. The first kappa shape index (κ1) is 24.0. The van der Waals surface area contributed by atoms with Crippen molar-refractivity contribution in [2.24, 2.45) is 5.92 Å². The Morgan fingerprint density at radius 2 is 1.44 bits per heavy atom. The SMILES string of the molecule is [CH2]C1CCC([CH2])(OOC(=O)c2cc(C)ccc2C)C(OOC(=O)c2cc(C)ccc2C)C1. The molecule has 0 spiro atoms. The second kappa shape index (κ2) is 9.84. The van der Waals surface area contributed by atoms with Gasteiger partial charge in [-0.2, -0.15) is 9.78 Å². The van der Waals surface area contributed by atoms with E-state index < -0.39 is 23.6 Å². The molecule has 1 aliphatic rings. The van der Waals surface area contributed by atoms with Crippen LogP contribution in [-0.4, -0.2) is 23.6 Å². The van der Waals surface area contributed by atoms with Crippen LogP contribution in [0.4, 0.5) is 0 Å². The van der Waals surface area contributed by atoms with E-state index >= 15 is 0 Å². The Morgan fingerprint density at radius 1 is 0.906 bits per heavy atom. The lowest BCUT2D eigenvalue weighted by Crippen LogP contribution is -2.49. The zero-order valence-corrected chi connectivity index (χ0v) is 19.1. The predicted molar refractivity (Wildman–Crippen MR) is 119 cm³/mol. The predicted octanol–water partition coefficient (Wildman–Crippen LogP) is 5.37. The highest BCUT2D eigenvalue weighted by molar-refractivity contribution is 5.91. The maximum absolute atomic E-state index is 12.6. The highest BCUT2D eigenvalue weighted by Gasteiger charge is 2.45. The maximum Gasteiger partial charge on any atom is 0.373 e. The van der Waals surface area contributed by atoms with Crippen LogP contribution in [0.2, 0.25) is 0 Å². The molecule has 2 radical (unpaired) electrons. The van der Waals surface area contributed by atoms with E-state index in [4.69, 9.17) is 19.6 Å². The zero-order chi connectivity index (χ0) is 23.5. The summed E-state index contributed by atoms with van der Waals surface area (Å²) in [6.45, 7) is 15.6. The minimum Gasteiger partial charge on any atom is -0.292 e. The lowest BCUT2D eigenvalue weighted by atomic mass is 9.78. The van der Waals surface area contributed by atoms with Gasteiger partial charge in [-0.1, -0.05) is 42.3 Å². The van der Waals surface area contributed by atoms with Crippen molar-refractivity contribution >= 4 is 11.9 Å². The first-order valence-electron chi connectivity index (χ1n) is 10.7. The van der Waals surface area contributed by atoms with Crippen LogP contribution in [0, 0.1) is 47.5 Å². The lowest BCUT2D eigenvalue weighted by Gasteiger charge is -2.39. The Hall–Kier alpha value is -2.70. The molecule has 32 heavy (non-hydrogen) atoms. The molecule has 6 heteroatoms. The van der Waals surface area contributed by atoms with Gasteiger partial charge in [0.15, 0.2) is 0 Å². The molecule has 3 unspecified atom stereocenters. The molecule has 0 N–H and O–H groups in total. The zero-order valence-electron chi connectivity index (χ0n) is 19.1. The van der Waals surface area contributed by atoms with Gasteiger partial charge in [-0.25, -0.2) is 9.59 Å². The first-order chi connectivity index (χ1) is 15.1. The lowest BCUT2D eigenvalue weighted by molar-refractivity contribution is -0.380. The molecule has 0 aliphatic heterocycles. The molecule has 1 aliphatic carbocycles. The second-order valence-electron chi connectivity index (χ2n) is 8.75. The van der Waals surface area contributed by atoms with E-state index in [1.807, 2.05) is 52.0 Å². The molecule has 0 aromatic heterocycles. The quantitative estimate of drug-likeness (QED) is 0.446. The number of hydrogen-bond acceptors (Lipinski definition) is 6. The third-order valence-electron chi connectivity index (χ3n) is 5.86. The minimum absolute atomic E-state index is 0.0626. The van der Waals surface area contributed by atoms with Crippen molar-refractivity contribution in [3.05, 3.63) is 83.6 Å². The second-order valence-corrected chi connectivity index (χ2v) is 8.75. The Morgan fingerprint density at radius 3 is 2.00 bits per heavy atom. The van der Waals surface area contributed by atoms with Crippen molar-refractivity contribution in [3.63, 3.8) is 0 Å². The van der Waals surface area contributed by atoms with Crippen molar-refractivity contribution in [2.75, 3.05) is 0 Å². The number of aryl methyl sites for hydroxylation is 4. The van der Waals surface area contributed by atoms with E-state index in [1.54, 1.807) is 12.1 Å². The van der Waals surface area contributed by atoms with E-state index in [2.05, 4.69) is 13.8 Å². The van der Waals surface area contributed by atoms with Gasteiger partial charge in [0.2, 0.25) is 0 Å². The van der Waals surface area contributed by atoms with Gasteiger partial charge in [-0.3, -0.25) is 9.78 Å². The number of hydrogen-bond donors (Lipinski definition) is 0. The fourth-order valence-corrected chi connectivity index (χ4v) is 3.69. The summed E-state index contributed by atoms with van der Waals surface area (Å²) < 4.78 is 0. The normalized spacial score (nSPS) is 22.9. The Labute approximate surface area is 189 Å². The summed E-state index contributed by atoms with van der Waals surface area (Å²) in [7, 11) is 0. The van der Waals surface area contributed by atoms with Crippen LogP contribution in [0.25, 0.3) is 0 Å². The first-order valence-corrected chi connectivity index (χ1v) is 10.7. The molecule has 6 nitrogen and oxygen atoms in total. The fourth-order valence-electron chi connectivity index (χ4n) is 3.69. The van der Waals surface area contributed by atoms with Crippen LogP contribution < -0.4 is 0 Å². The van der Waals surface area contributed by atoms with Crippen molar-refractivity contribution in [1.82, 2.24) is 0 Å². The Kier molecular flexibility index (Phi) is 7.36. The molecule has 3 atom stereocenters. The molecular weight excluding hydrogens is 408 g/mol. The van der Waals surface area contributed by atoms with Gasteiger partial charge in [-0.15, -0.1) is 0 Å². The Balaban J connectivity index is 1.68. The number of benzene rings is 2. The van der Waals surface area contributed by atoms with Crippen LogP contribution in [-0.2, 0) is 19.6 Å². The summed E-state index contributed by atoms with van der Waals surface area (Å²) >= 11 is 0. The van der Waals surface area contributed by atoms with E-state index in [0.29, 0.717) is 30.4 Å². The highest BCUT2D eigenvalue weighted by atomic mass is 17.2. The third kappa shape index (κ3) is 5.56. The van der Waals surface area contributed by atoms with Gasteiger partial charge in [0.05, 0.1) is 11.1 Å². The molecule has 170 valence electrons. The van der Waals surface area contributed by atoms with Gasteiger partial charge in [0, 0.05) is 0 Å². The summed E-state index contributed by atoms with van der Waals surface area (Å²) in [6, 6.07) is 11.0. The molecule has 3 rings (SSSR count). The van der Waals surface area contributed by atoms with E-state index in [0.717, 1.165) is 22.3 Å². The van der Waals surface area contributed by atoms with Gasteiger partial charge >= 0.3 is 11.9 Å². The standard InChI is InChI=1S/C26H30O6/c1-16-7-9-19(4)21(13-16)24(27)30-29-23-15-18(3)11-12-26(23,6)32-31-25(28)22-14-17(2)8-10-20(22)5/h7-10,13-14,18,23H,3,6,11-12,15H2,1-2,4-5H3. The average molecular weight is 439 g/mol. The number of rotatable bonds is 6. The summed E-state index contributed by atoms with van der Waals surface area (Å²) in [4.78, 5) is 46.5. The van der Waals surface area contributed by atoms with Gasteiger partial charge in [0.25, 0.3) is 0 Å². The van der Waals surface area contributed by atoms with Gasteiger partial charge in [-0.05, 0) is 83.1 Å². The molecule has 1 fully saturated rings. The van der Waals surface area contributed by atoms with Crippen molar-refractivity contribution < 1.29 is 29.1 Å². The van der Waals surface area contributed by atoms with E-state index in [1.165, 1.54) is 0 Å². The highest BCUT2D eigenvalue weighted by Crippen LogP contribution is 2.37. The average Bonchev–Trinajstić information content (AvgIpc) is 2.76. The molecule has 0 saturated heterocycles. The van der Waals surface area contributed by atoms with E-state index in [-0.39, 0.29) is 5.92 Å². The van der Waals surface area contributed by atoms with Crippen LogP contribution >= 0.6 is 0 Å². The number of carbonyl (C=O) groups excluding carboxylic acids is 2. The molecule has 2 aromatic carbocycles. The molecule has 1 saturated carbocycles.